The van der Waals surface area contributed by atoms with Gasteiger partial charge in [0.2, 0.25) is 10.0 Å². The Morgan fingerprint density at radius 1 is 1.18 bits per heavy atom. The van der Waals surface area contributed by atoms with Gasteiger partial charge in [-0.05, 0) is 34.5 Å². The lowest BCUT2D eigenvalue weighted by Crippen LogP contribution is -2.26. The molecule has 0 unspecified atom stereocenters. The molecule has 0 aliphatic carbocycles. The summed E-state index contributed by atoms with van der Waals surface area (Å²) in [7, 11) is -1.78. The van der Waals surface area contributed by atoms with Gasteiger partial charge in [-0.3, -0.25) is 0 Å². The highest BCUT2D eigenvalue weighted by atomic mass is 32.2. The third-order valence-electron chi connectivity index (χ3n) is 2.44. The molecule has 0 bridgehead atoms. The summed E-state index contributed by atoms with van der Waals surface area (Å²) in [6.45, 7) is 0.403. The standard InChI is InChI=1S/C12H13NO2S2/c1-13(9-11-7-8-16-10-11)17(14,15)12-5-3-2-4-6-12/h2-8,10H,9H2,1H3. The lowest BCUT2D eigenvalue weighted by molar-refractivity contribution is 0.467. The molecule has 0 aliphatic rings. The number of hydrogen-bond donors (Lipinski definition) is 0. The van der Waals surface area contributed by atoms with Crippen LogP contribution in [0.15, 0.2) is 52.1 Å². The normalized spacial score (nSPS) is 11.9. The van der Waals surface area contributed by atoms with Crippen LogP contribution in [0.1, 0.15) is 5.56 Å². The van der Waals surface area contributed by atoms with Crippen molar-refractivity contribution in [3.05, 3.63) is 52.7 Å². The van der Waals surface area contributed by atoms with E-state index in [4.69, 9.17) is 0 Å². The van der Waals surface area contributed by atoms with Gasteiger partial charge in [-0.25, -0.2) is 8.42 Å². The first kappa shape index (κ1) is 12.3. The van der Waals surface area contributed by atoms with Gasteiger partial charge in [0.1, 0.15) is 0 Å². The molecule has 1 heterocycles. The zero-order valence-corrected chi connectivity index (χ0v) is 11.0. The number of benzene rings is 1. The molecule has 0 N–H and O–H groups in total. The van der Waals surface area contributed by atoms with E-state index < -0.39 is 10.0 Å². The predicted octanol–water partition coefficient (Wildman–Crippen LogP) is 2.57. The van der Waals surface area contributed by atoms with Gasteiger partial charge in [-0.2, -0.15) is 15.6 Å². The van der Waals surface area contributed by atoms with Gasteiger partial charge in [0.05, 0.1) is 4.90 Å². The van der Waals surface area contributed by atoms with Crippen molar-refractivity contribution in [2.45, 2.75) is 11.4 Å². The summed E-state index contributed by atoms with van der Waals surface area (Å²) in [4.78, 5) is 0.331. The largest absolute Gasteiger partial charge is 0.243 e. The Morgan fingerprint density at radius 2 is 1.88 bits per heavy atom. The van der Waals surface area contributed by atoms with Crippen molar-refractivity contribution in [1.29, 1.82) is 0 Å². The summed E-state index contributed by atoms with van der Waals surface area (Å²) in [5, 5.41) is 3.90. The molecule has 1 aromatic heterocycles. The zero-order valence-electron chi connectivity index (χ0n) is 9.41. The molecule has 1 aromatic carbocycles. The summed E-state index contributed by atoms with van der Waals surface area (Å²) in [6.07, 6.45) is 0. The molecular weight excluding hydrogens is 254 g/mol. The quantitative estimate of drug-likeness (QED) is 0.854. The summed E-state index contributed by atoms with van der Waals surface area (Å²) in [5.74, 6) is 0. The molecule has 2 aromatic rings. The van der Waals surface area contributed by atoms with E-state index in [9.17, 15) is 8.42 Å². The molecule has 17 heavy (non-hydrogen) atoms. The Morgan fingerprint density at radius 3 is 2.47 bits per heavy atom. The Hall–Kier alpha value is -1.17. The molecular formula is C12H13NO2S2. The minimum absolute atomic E-state index is 0.331. The minimum atomic E-state index is -3.38. The summed E-state index contributed by atoms with van der Waals surface area (Å²) in [5.41, 5.74) is 1.01. The van der Waals surface area contributed by atoms with E-state index in [1.165, 1.54) is 4.31 Å². The molecule has 0 spiro atoms. The van der Waals surface area contributed by atoms with E-state index in [1.54, 1.807) is 48.7 Å². The van der Waals surface area contributed by atoms with E-state index >= 15 is 0 Å². The second kappa shape index (κ2) is 5.00. The van der Waals surface area contributed by atoms with Gasteiger partial charge in [0, 0.05) is 13.6 Å². The van der Waals surface area contributed by atoms with E-state index in [-0.39, 0.29) is 0 Å². The third-order valence-corrected chi connectivity index (χ3v) is 4.99. The van der Waals surface area contributed by atoms with Gasteiger partial charge >= 0.3 is 0 Å². The smallest absolute Gasteiger partial charge is 0.207 e. The van der Waals surface area contributed by atoms with Crippen molar-refractivity contribution in [2.24, 2.45) is 0 Å². The van der Waals surface area contributed by atoms with E-state index in [1.807, 2.05) is 16.8 Å². The average Bonchev–Trinajstić information content (AvgIpc) is 2.83. The first-order chi connectivity index (χ1) is 8.10. The van der Waals surface area contributed by atoms with Crippen molar-refractivity contribution in [1.82, 2.24) is 4.31 Å². The van der Waals surface area contributed by atoms with Crippen LogP contribution in [0.4, 0.5) is 0 Å². The predicted molar refractivity (Wildman–Crippen MR) is 69.4 cm³/mol. The van der Waals surface area contributed by atoms with Crippen LogP contribution in [0.2, 0.25) is 0 Å². The van der Waals surface area contributed by atoms with Crippen LogP contribution < -0.4 is 0 Å². The van der Waals surface area contributed by atoms with Crippen LogP contribution in [0.5, 0.6) is 0 Å². The number of thiophene rings is 1. The highest BCUT2D eigenvalue weighted by molar-refractivity contribution is 7.89. The third kappa shape index (κ3) is 2.74. The molecule has 0 radical (unpaired) electrons. The van der Waals surface area contributed by atoms with Crippen LogP contribution in [-0.4, -0.2) is 19.8 Å². The van der Waals surface area contributed by atoms with Crippen LogP contribution in [0, 0.1) is 0 Å². The lowest BCUT2D eigenvalue weighted by Gasteiger charge is -2.16. The van der Waals surface area contributed by atoms with Crippen molar-refractivity contribution in [3.8, 4) is 0 Å². The molecule has 0 fully saturated rings. The van der Waals surface area contributed by atoms with E-state index in [0.717, 1.165) is 5.56 Å². The maximum Gasteiger partial charge on any atom is 0.243 e. The second-order valence-corrected chi connectivity index (χ2v) is 6.53. The zero-order chi connectivity index (χ0) is 12.3. The van der Waals surface area contributed by atoms with Gasteiger partial charge in [-0.15, -0.1) is 0 Å². The highest BCUT2D eigenvalue weighted by Gasteiger charge is 2.20. The molecule has 5 heteroatoms. The van der Waals surface area contributed by atoms with Crippen LogP contribution in [0.25, 0.3) is 0 Å². The fourth-order valence-corrected chi connectivity index (χ4v) is 3.34. The molecule has 0 atom stereocenters. The Kier molecular flexibility index (Phi) is 3.61. The molecule has 0 saturated heterocycles. The van der Waals surface area contributed by atoms with Gasteiger partial charge in [0.15, 0.2) is 0 Å². The Labute approximate surface area is 105 Å². The second-order valence-electron chi connectivity index (χ2n) is 3.71. The first-order valence-corrected chi connectivity index (χ1v) is 7.51. The van der Waals surface area contributed by atoms with Crippen LogP contribution in [-0.2, 0) is 16.6 Å². The minimum Gasteiger partial charge on any atom is -0.207 e. The topological polar surface area (TPSA) is 37.4 Å². The molecule has 0 aliphatic heterocycles. The summed E-state index contributed by atoms with van der Waals surface area (Å²) >= 11 is 1.57. The van der Waals surface area contributed by atoms with Gasteiger partial charge in [-0.1, -0.05) is 18.2 Å². The van der Waals surface area contributed by atoms with Crippen molar-refractivity contribution < 1.29 is 8.42 Å². The maximum absolute atomic E-state index is 12.2. The Balaban J connectivity index is 2.22. The first-order valence-electron chi connectivity index (χ1n) is 5.13. The molecule has 2 rings (SSSR count). The summed E-state index contributed by atoms with van der Waals surface area (Å²) in [6, 6.07) is 10.4. The fourth-order valence-electron chi connectivity index (χ4n) is 1.50. The molecule has 3 nitrogen and oxygen atoms in total. The van der Waals surface area contributed by atoms with Crippen LogP contribution in [0.3, 0.4) is 0 Å². The van der Waals surface area contributed by atoms with Gasteiger partial charge < -0.3 is 0 Å². The Bertz CT molecular complexity index is 562. The number of hydrogen-bond acceptors (Lipinski definition) is 3. The molecule has 90 valence electrons. The van der Waals surface area contributed by atoms with E-state index in [2.05, 4.69) is 0 Å². The maximum atomic E-state index is 12.2. The lowest BCUT2D eigenvalue weighted by atomic mass is 10.3. The van der Waals surface area contributed by atoms with Crippen molar-refractivity contribution in [3.63, 3.8) is 0 Å². The number of sulfonamides is 1. The number of rotatable bonds is 4. The van der Waals surface area contributed by atoms with Crippen molar-refractivity contribution in [2.75, 3.05) is 7.05 Å². The summed E-state index contributed by atoms with van der Waals surface area (Å²) < 4.78 is 25.7. The molecule has 0 amide bonds. The average molecular weight is 267 g/mol. The molecule has 0 saturated carbocycles. The highest BCUT2D eigenvalue weighted by Crippen LogP contribution is 2.17. The van der Waals surface area contributed by atoms with Crippen LogP contribution >= 0.6 is 11.3 Å². The number of nitrogens with zero attached hydrogens (tertiary/aromatic N) is 1. The van der Waals surface area contributed by atoms with E-state index in [0.29, 0.717) is 11.4 Å². The fraction of sp³-hybridized carbons (Fsp3) is 0.167. The monoisotopic (exact) mass is 267 g/mol. The SMILES string of the molecule is CN(Cc1ccsc1)S(=O)(=O)c1ccccc1. The van der Waals surface area contributed by atoms with Crippen molar-refractivity contribution >= 4 is 21.4 Å². The van der Waals surface area contributed by atoms with Gasteiger partial charge in [0.25, 0.3) is 0 Å².